The second-order valence-corrected chi connectivity index (χ2v) is 9.40. The first-order valence-electron chi connectivity index (χ1n) is 10.3. The van der Waals surface area contributed by atoms with Crippen LogP contribution >= 0.6 is 23.2 Å². The zero-order valence-corrected chi connectivity index (χ0v) is 19.2. The van der Waals surface area contributed by atoms with Gasteiger partial charge in [-0.15, -0.1) is 0 Å². The van der Waals surface area contributed by atoms with Gasteiger partial charge in [0.1, 0.15) is 5.82 Å². The first kappa shape index (κ1) is 21.6. The van der Waals surface area contributed by atoms with Crippen LogP contribution in [0, 0.1) is 5.41 Å². The van der Waals surface area contributed by atoms with E-state index in [4.69, 9.17) is 28.2 Å². The topological polar surface area (TPSA) is 66.9 Å². The van der Waals surface area contributed by atoms with Crippen molar-refractivity contribution in [3.05, 3.63) is 69.3 Å². The van der Waals surface area contributed by atoms with Gasteiger partial charge < -0.3 is 10.6 Å². The Morgan fingerprint density at radius 3 is 2.32 bits per heavy atom. The van der Waals surface area contributed by atoms with Crippen LogP contribution in [0.1, 0.15) is 48.8 Å². The summed E-state index contributed by atoms with van der Waals surface area (Å²) in [5.74, 6) is 0.945. The summed E-state index contributed by atoms with van der Waals surface area (Å²) >= 11 is 12.2. The molecule has 3 aromatic rings. The molecule has 0 atom stereocenters. The number of nitrogens with one attached hydrogen (secondary N) is 2. The van der Waals surface area contributed by atoms with E-state index >= 15 is 0 Å². The zero-order valence-electron chi connectivity index (χ0n) is 17.7. The van der Waals surface area contributed by atoms with Crippen LogP contribution in [0.4, 0.5) is 23.1 Å². The van der Waals surface area contributed by atoms with Crippen LogP contribution in [-0.2, 0) is 12.8 Å². The average Bonchev–Trinajstić information content (AvgIpc) is 2.70. The second kappa shape index (κ2) is 8.48. The lowest BCUT2D eigenvalue weighted by Crippen LogP contribution is -2.29. The van der Waals surface area contributed by atoms with E-state index in [0.717, 1.165) is 17.8 Å². The third kappa shape index (κ3) is 4.83. The molecule has 0 aliphatic heterocycles. The van der Waals surface area contributed by atoms with Gasteiger partial charge in [0.25, 0.3) is 0 Å². The number of aromatic nitrogens is 2. The van der Waals surface area contributed by atoms with Gasteiger partial charge in [-0.3, -0.25) is 4.79 Å². The van der Waals surface area contributed by atoms with Gasteiger partial charge in [0.15, 0.2) is 5.78 Å². The Balaban J connectivity index is 1.74. The predicted molar refractivity (Wildman–Crippen MR) is 127 cm³/mol. The zero-order chi connectivity index (χ0) is 22.2. The fourth-order valence-electron chi connectivity index (χ4n) is 3.78. The van der Waals surface area contributed by atoms with Crippen molar-refractivity contribution in [2.24, 2.45) is 5.41 Å². The van der Waals surface area contributed by atoms with Gasteiger partial charge in [0.2, 0.25) is 5.95 Å². The van der Waals surface area contributed by atoms with Gasteiger partial charge in [0.05, 0.1) is 21.3 Å². The number of ketones is 1. The standard InChI is InChI=1S/C24H24Cl2N4O/c1-4-14-5-7-15(8-6-14)28-23-29-19-12-24(2,3)13-20(31)21(19)22(30-23)27-16-9-10-17(25)18(26)11-16/h5-11H,4,12-13H2,1-3H3,(H2,27,28,29,30). The summed E-state index contributed by atoms with van der Waals surface area (Å²) in [4.78, 5) is 22.3. The van der Waals surface area contributed by atoms with Gasteiger partial charge in [-0.1, -0.05) is 56.1 Å². The van der Waals surface area contributed by atoms with E-state index in [1.165, 1.54) is 5.56 Å². The van der Waals surface area contributed by atoms with E-state index in [2.05, 4.69) is 48.5 Å². The lowest BCUT2D eigenvalue weighted by molar-refractivity contribution is 0.0911. The van der Waals surface area contributed by atoms with Crippen molar-refractivity contribution in [1.82, 2.24) is 9.97 Å². The molecule has 0 radical (unpaired) electrons. The van der Waals surface area contributed by atoms with Crippen LogP contribution in [0.15, 0.2) is 42.5 Å². The molecule has 0 amide bonds. The number of anilines is 4. The summed E-state index contributed by atoms with van der Waals surface area (Å²) in [5, 5.41) is 7.41. The molecule has 0 saturated carbocycles. The molecule has 1 aliphatic rings. The molecule has 2 aromatic carbocycles. The smallest absolute Gasteiger partial charge is 0.229 e. The first-order valence-corrected chi connectivity index (χ1v) is 11.0. The number of Topliss-reactive ketones (excluding diaryl/α,β-unsaturated/α-hetero) is 1. The number of carbonyl (C=O) groups is 1. The summed E-state index contributed by atoms with van der Waals surface area (Å²) in [6, 6.07) is 13.4. The highest BCUT2D eigenvalue weighted by Crippen LogP contribution is 2.38. The fraction of sp³-hybridized carbons (Fsp3) is 0.292. The van der Waals surface area contributed by atoms with E-state index in [9.17, 15) is 4.79 Å². The van der Waals surface area contributed by atoms with Crippen molar-refractivity contribution in [3.63, 3.8) is 0 Å². The highest BCUT2D eigenvalue weighted by molar-refractivity contribution is 6.42. The maximum Gasteiger partial charge on any atom is 0.229 e. The number of hydrogen-bond acceptors (Lipinski definition) is 5. The Kier molecular flexibility index (Phi) is 5.91. The Labute approximate surface area is 192 Å². The van der Waals surface area contributed by atoms with Gasteiger partial charge >= 0.3 is 0 Å². The summed E-state index contributed by atoms with van der Waals surface area (Å²) < 4.78 is 0. The van der Waals surface area contributed by atoms with E-state index in [-0.39, 0.29) is 11.2 Å². The minimum Gasteiger partial charge on any atom is -0.339 e. The van der Waals surface area contributed by atoms with E-state index in [1.807, 2.05) is 12.1 Å². The predicted octanol–water partition coefficient (Wildman–Crippen LogP) is 6.99. The summed E-state index contributed by atoms with van der Waals surface area (Å²) in [6.07, 6.45) is 2.12. The molecule has 1 aromatic heterocycles. The number of hydrogen-bond donors (Lipinski definition) is 2. The van der Waals surface area contributed by atoms with E-state index in [1.54, 1.807) is 18.2 Å². The van der Waals surface area contributed by atoms with Crippen molar-refractivity contribution in [3.8, 4) is 0 Å². The number of nitrogens with zero attached hydrogens (tertiary/aromatic N) is 2. The highest BCUT2D eigenvalue weighted by atomic mass is 35.5. The van der Waals surface area contributed by atoms with Crippen LogP contribution < -0.4 is 10.6 Å². The van der Waals surface area contributed by atoms with Crippen LogP contribution in [0.2, 0.25) is 10.0 Å². The van der Waals surface area contributed by atoms with Crippen molar-refractivity contribution < 1.29 is 4.79 Å². The van der Waals surface area contributed by atoms with Crippen LogP contribution in [0.25, 0.3) is 0 Å². The van der Waals surface area contributed by atoms with Gasteiger partial charge in [0, 0.05) is 17.8 Å². The summed E-state index contributed by atoms with van der Waals surface area (Å²) in [7, 11) is 0. The molecular formula is C24H24Cl2N4O. The van der Waals surface area contributed by atoms with Gasteiger partial charge in [-0.2, -0.15) is 4.98 Å². The van der Waals surface area contributed by atoms with E-state index < -0.39 is 0 Å². The normalized spacial score (nSPS) is 14.8. The number of carbonyl (C=O) groups excluding carboxylic acids is 1. The molecule has 0 bridgehead atoms. The maximum atomic E-state index is 13.0. The molecule has 7 heteroatoms. The molecular weight excluding hydrogens is 431 g/mol. The first-order chi connectivity index (χ1) is 14.7. The van der Waals surface area contributed by atoms with Crippen molar-refractivity contribution in [2.45, 2.75) is 40.0 Å². The molecule has 1 heterocycles. The maximum absolute atomic E-state index is 13.0. The minimum absolute atomic E-state index is 0.0349. The molecule has 0 spiro atoms. The Hall–Kier alpha value is -2.63. The minimum atomic E-state index is -0.153. The van der Waals surface area contributed by atoms with Gasteiger partial charge in [-0.05, 0) is 54.2 Å². The molecule has 0 fully saturated rings. The Morgan fingerprint density at radius 1 is 0.935 bits per heavy atom. The number of benzene rings is 2. The Morgan fingerprint density at radius 2 is 1.65 bits per heavy atom. The van der Waals surface area contributed by atoms with Crippen molar-refractivity contribution in [2.75, 3.05) is 10.6 Å². The monoisotopic (exact) mass is 454 g/mol. The number of fused-ring (bicyclic) bond motifs is 1. The fourth-order valence-corrected chi connectivity index (χ4v) is 4.07. The molecule has 4 rings (SSSR count). The second-order valence-electron chi connectivity index (χ2n) is 8.59. The molecule has 1 aliphatic carbocycles. The van der Waals surface area contributed by atoms with Crippen molar-refractivity contribution >= 4 is 52.1 Å². The SMILES string of the molecule is CCc1ccc(Nc2nc3c(c(Nc4ccc(Cl)c(Cl)c4)n2)C(=O)CC(C)(C)C3)cc1. The number of aryl methyl sites for hydroxylation is 1. The summed E-state index contributed by atoms with van der Waals surface area (Å²) in [6.45, 7) is 6.28. The Bertz CT molecular complexity index is 1140. The highest BCUT2D eigenvalue weighted by Gasteiger charge is 2.35. The number of halogens is 2. The molecule has 31 heavy (non-hydrogen) atoms. The number of rotatable bonds is 5. The molecule has 0 saturated heterocycles. The van der Waals surface area contributed by atoms with Crippen molar-refractivity contribution in [1.29, 1.82) is 0 Å². The largest absolute Gasteiger partial charge is 0.339 e. The molecule has 5 nitrogen and oxygen atoms in total. The van der Waals surface area contributed by atoms with Crippen LogP contribution in [0.3, 0.4) is 0 Å². The molecule has 0 unspecified atom stereocenters. The molecule has 160 valence electrons. The van der Waals surface area contributed by atoms with Gasteiger partial charge in [-0.25, -0.2) is 4.98 Å². The summed E-state index contributed by atoms with van der Waals surface area (Å²) in [5.41, 5.74) is 3.97. The van der Waals surface area contributed by atoms with Crippen LogP contribution in [0.5, 0.6) is 0 Å². The molecule has 2 N–H and O–H groups in total. The lowest BCUT2D eigenvalue weighted by atomic mass is 9.75. The van der Waals surface area contributed by atoms with E-state index in [0.29, 0.717) is 45.9 Å². The third-order valence-corrected chi connectivity index (χ3v) is 6.09. The average molecular weight is 455 g/mol. The van der Waals surface area contributed by atoms with Crippen LogP contribution in [-0.4, -0.2) is 15.8 Å². The quantitative estimate of drug-likeness (QED) is 0.434. The third-order valence-electron chi connectivity index (χ3n) is 5.35. The lowest BCUT2D eigenvalue weighted by Gasteiger charge is -2.30.